The molecule has 17 heavy (non-hydrogen) atoms. The molecule has 0 aliphatic heterocycles. The monoisotopic (exact) mass is 222 g/mol. The summed E-state index contributed by atoms with van der Waals surface area (Å²) in [5, 5.41) is 0. The second-order valence-electron chi connectivity index (χ2n) is 4.21. The zero-order chi connectivity index (χ0) is 11.7. The fraction of sp³-hybridized carbons (Fsp3) is 0.0667. The van der Waals surface area contributed by atoms with Gasteiger partial charge in [-0.05, 0) is 5.57 Å². The molecule has 0 N–H and O–H groups in total. The van der Waals surface area contributed by atoms with Crippen LogP contribution in [0, 0.1) is 6.04 Å². The normalized spacial score (nSPS) is 17.6. The van der Waals surface area contributed by atoms with E-state index in [1.54, 1.807) is 0 Å². The van der Waals surface area contributed by atoms with E-state index in [2.05, 4.69) is 65.7 Å². The minimum absolute atomic E-state index is 1.18. The molecule has 2 aliphatic rings. The van der Waals surface area contributed by atoms with Crippen LogP contribution < -0.4 is 9.13 Å². The van der Waals surface area contributed by atoms with Crippen molar-refractivity contribution < 1.29 is 9.13 Å². The maximum absolute atomic E-state index is 2.16. The molecule has 2 nitrogen and oxygen atoms in total. The SMILES string of the molecule is C[n+]1c[n+]([C-]2C=CC(=C3C=CC=C3)C=C2)c[cH-]1. The van der Waals surface area contributed by atoms with Crippen molar-refractivity contribution in [2.24, 2.45) is 7.05 Å². The van der Waals surface area contributed by atoms with Crippen molar-refractivity contribution in [1.29, 1.82) is 0 Å². The molecular formula is C15H14N2. The lowest BCUT2D eigenvalue weighted by Crippen LogP contribution is -2.40. The smallest absolute Gasteiger partial charge is 0.257 e. The largest absolute Gasteiger partial charge is 0.312 e. The van der Waals surface area contributed by atoms with Gasteiger partial charge in [-0.2, -0.15) is 0 Å². The van der Waals surface area contributed by atoms with Crippen LogP contribution in [-0.4, -0.2) is 0 Å². The average Bonchev–Trinajstić information content (AvgIpc) is 3.00. The summed E-state index contributed by atoms with van der Waals surface area (Å²) in [5.74, 6) is 0. The van der Waals surface area contributed by atoms with Crippen molar-refractivity contribution in [1.82, 2.24) is 0 Å². The number of allylic oxidation sites excluding steroid dienone is 10. The Hall–Kier alpha value is -2.22. The van der Waals surface area contributed by atoms with E-state index in [4.69, 9.17) is 0 Å². The lowest BCUT2D eigenvalue weighted by atomic mass is 10.0. The van der Waals surface area contributed by atoms with Crippen LogP contribution in [0.5, 0.6) is 0 Å². The standard InChI is InChI=1S/C15H14N2/c1-16-10-11-17(12-16)15-8-6-14(7-9-15)13-4-2-3-5-13/h2-12H,1H3. The van der Waals surface area contributed by atoms with E-state index in [-0.39, 0.29) is 0 Å². The van der Waals surface area contributed by atoms with Crippen LogP contribution in [0.25, 0.3) is 0 Å². The molecule has 0 saturated heterocycles. The third-order valence-electron chi connectivity index (χ3n) is 2.93. The molecule has 3 rings (SSSR count). The zero-order valence-electron chi connectivity index (χ0n) is 9.75. The summed E-state index contributed by atoms with van der Waals surface area (Å²) in [7, 11) is 2.02. The van der Waals surface area contributed by atoms with E-state index in [1.807, 2.05) is 17.8 Å². The third kappa shape index (κ3) is 1.89. The van der Waals surface area contributed by atoms with E-state index in [9.17, 15) is 0 Å². The van der Waals surface area contributed by atoms with Gasteiger partial charge in [0.1, 0.15) is 13.1 Å². The number of aromatic nitrogens is 2. The highest BCUT2D eigenvalue weighted by Gasteiger charge is 2.10. The second kappa shape index (κ2) is 3.98. The predicted molar refractivity (Wildman–Crippen MR) is 65.6 cm³/mol. The Kier molecular flexibility index (Phi) is 2.33. The van der Waals surface area contributed by atoms with Gasteiger partial charge in [0.2, 0.25) is 0 Å². The lowest BCUT2D eigenvalue weighted by molar-refractivity contribution is -0.760. The predicted octanol–water partition coefficient (Wildman–Crippen LogP) is 1.45. The van der Waals surface area contributed by atoms with Crippen LogP contribution in [0.2, 0.25) is 0 Å². The van der Waals surface area contributed by atoms with Gasteiger partial charge in [-0.15, -0.1) is 12.2 Å². The van der Waals surface area contributed by atoms with E-state index in [0.717, 1.165) is 0 Å². The maximum Gasteiger partial charge on any atom is 0.257 e. The Balaban J connectivity index is 1.85. The molecule has 2 aliphatic carbocycles. The summed E-state index contributed by atoms with van der Waals surface area (Å²) in [6.07, 6.45) is 23.1. The van der Waals surface area contributed by atoms with Crippen molar-refractivity contribution in [2.45, 2.75) is 0 Å². The van der Waals surface area contributed by atoms with E-state index < -0.39 is 0 Å². The summed E-state index contributed by atoms with van der Waals surface area (Å²) < 4.78 is 4.14. The molecule has 1 heterocycles. The molecule has 0 amide bonds. The number of imidazole rings is 1. The summed E-state index contributed by atoms with van der Waals surface area (Å²) >= 11 is 0. The highest BCUT2D eigenvalue weighted by atomic mass is 15.1. The lowest BCUT2D eigenvalue weighted by Gasteiger charge is -2.13. The molecule has 0 radical (unpaired) electrons. The van der Waals surface area contributed by atoms with Gasteiger partial charge in [-0.25, -0.2) is 0 Å². The first-order valence-electron chi connectivity index (χ1n) is 5.69. The molecule has 0 unspecified atom stereocenters. The highest BCUT2D eigenvalue weighted by molar-refractivity contribution is 5.53. The van der Waals surface area contributed by atoms with Crippen LogP contribution in [0.1, 0.15) is 0 Å². The van der Waals surface area contributed by atoms with Crippen molar-refractivity contribution >= 4 is 0 Å². The molecule has 84 valence electrons. The van der Waals surface area contributed by atoms with Crippen molar-refractivity contribution in [3.63, 3.8) is 0 Å². The molecule has 1 aromatic rings. The minimum Gasteiger partial charge on any atom is -0.312 e. The summed E-state index contributed by atoms with van der Waals surface area (Å²) in [6.45, 7) is 0. The van der Waals surface area contributed by atoms with Gasteiger partial charge in [0.05, 0.1) is 12.4 Å². The fourth-order valence-corrected chi connectivity index (χ4v) is 2.00. The van der Waals surface area contributed by atoms with E-state index >= 15 is 0 Å². The van der Waals surface area contributed by atoms with Crippen molar-refractivity contribution in [3.8, 4) is 0 Å². The Bertz CT molecular complexity index is 550. The van der Waals surface area contributed by atoms with Gasteiger partial charge in [-0.3, -0.25) is 4.57 Å². The Morgan fingerprint density at radius 3 is 2.24 bits per heavy atom. The van der Waals surface area contributed by atoms with Crippen LogP contribution >= 0.6 is 0 Å². The Morgan fingerprint density at radius 2 is 1.65 bits per heavy atom. The van der Waals surface area contributed by atoms with Crippen LogP contribution in [-0.2, 0) is 7.05 Å². The number of aryl methyl sites for hydroxylation is 1. The van der Waals surface area contributed by atoms with Crippen LogP contribution in [0.3, 0.4) is 0 Å². The second-order valence-corrected chi connectivity index (χ2v) is 4.21. The summed E-state index contributed by atoms with van der Waals surface area (Å²) in [6, 6.07) is 1.18. The van der Waals surface area contributed by atoms with Gasteiger partial charge in [0, 0.05) is 0 Å². The fourth-order valence-electron chi connectivity index (χ4n) is 2.00. The molecule has 2 heteroatoms. The Labute approximate surface area is 101 Å². The molecular weight excluding hydrogens is 208 g/mol. The molecule has 1 aromatic heterocycles. The van der Waals surface area contributed by atoms with Crippen LogP contribution in [0.15, 0.2) is 78.5 Å². The summed E-state index contributed by atoms with van der Waals surface area (Å²) in [4.78, 5) is 0. The van der Waals surface area contributed by atoms with Gasteiger partial charge < -0.3 is 4.57 Å². The third-order valence-corrected chi connectivity index (χ3v) is 2.93. The van der Waals surface area contributed by atoms with Crippen LogP contribution in [0.4, 0.5) is 0 Å². The molecule has 0 spiro atoms. The summed E-state index contributed by atoms with van der Waals surface area (Å²) in [5.41, 5.74) is 2.53. The maximum atomic E-state index is 2.16. The van der Waals surface area contributed by atoms with Gasteiger partial charge in [0.25, 0.3) is 6.33 Å². The topological polar surface area (TPSA) is 7.76 Å². The first-order chi connectivity index (χ1) is 8.33. The quantitative estimate of drug-likeness (QED) is 0.502. The molecule has 0 atom stereocenters. The molecule has 0 aromatic carbocycles. The number of rotatable bonds is 1. The van der Waals surface area contributed by atoms with Crippen molar-refractivity contribution in [3.05, 3.63) is 84.5 Å². The highest BCUT2D eigenvalue weighted by Crippen LogP contribution is 2.20. The number of nitrogens with zero attached hydrogens (tertiary/aromatic N) is 2. The number of hydrogen-bond acceptors (Lipinski definition) is 0. The first-order valence-corrected chi connectivity index (χ1v) is 5.69. The van der Waals surface area contributed by atoms with E-state index in [0.29, 0.717) is 0 Å². The van der Waals surface area contributed by atoms with Gasteiger partial charge in [-0.1, -0.05) is 42.0 Å². The molecule has 0 fully saturated rings. The van der Waals surface area contributed by atoms with Crippen molar-refractivity contribution in [2.75, 3.05) is 0 Å². The molecule has 0 bridgehead atoms. The van der Waals surface area contributed by atoms with Gasteiger partial charge in [0.15, 0.2) is 0 Å². The minimum atomic E-state index is 1.18. The van der Waals surface area contributed by atoms with Gasteiger partial charge >= 0.3 is 0 Å². The first kappa shape index (κ1) is 9.97. The molecule has 0 saturated carbocycles. The van der Waals surface area contributed by atoms with E-state index in [1.165, 1.54) is 17.2 Å². The number of hydrogen-bond donors (Lipinski definition) is 0. The average molecular weight is 222 g/mol. The zero-order valence-corrected chi connectivity index (χ0v) is 9.75. The Morgan fingerprint density at radius 1 is 1.00 bits per heavy atom.